The quantitative estimate of drug-likeness (QED) is 0.774. The van der Waals surface area contributed by atoms with E-state index in [2.05, 4.69) is 15.3 Å². The number of nitrogens with one attached hydrogen (secondary N) is 1. The summed E-state index contributed by atoms with van der Waals surface area (Å²) in [6.45, 7) is 5.49. The molecule has 0 unspecified atom stereocenters. The maximum absolute atomic E-state index is 12.2. The van der Waals surface area contributed by atoms with E-state index in [1.807, 2.05) is 68.9 Å². The molecule has 1 amide bonds. The monoisotopic (exact) mass is 324 g/mol. The van der Waals surface area contributed by atoms with E-state index in [4.69, 9.17) is 4.74 Å². The number of nitrogens with zero attached hydrogens (tertiary/aromatic N) is 3. The highest BCUT2D eigenvalue weighted by molar-refractivity contribution is 6.00. The third-order valence-electron chi connectivity index (χ3n) is 3.40. The van der Waals surface area contributed by atoms with Crippen molar-refractivity contribution in [2.45, 2.75) is 26.4 Å². The van der Waals surface area contributed by atoms with E-state index < -0.39 is 11.7 Å². The minimum atomic E-state index is -0.560. The lowest BCUT2D eigenvalue weighted by Gasteiger charge is -2.20. The molecule has 0 fully saturated rings. The molecule has 6 nitrogen and oxygen atoms in total. The predicted molar refractivity (Wildman–Crippen MR) is 93.8 cm³/mol. The van der Waals surface area contributed by atoms with Crippen molar-refractivity contribution in [1.29, 1.82) is 0 Å². The molecule has 6 heteroatoms. The van der Waals surface area contributed by atoms with Crippen LogP contribution >= 0.6 is 0 Å². The van der Waals surface area contributed by atoms with Crippen LogP contribution in [0.15, 0.2) is 42.7 Å². The van der Waals surface area contributed by atoms with E-state index in [0.717, 1.165) is 16.7 Å². The van der Waals surface area contributed by atoms with Crippen molar-refractivity contribution >= 4 is 22.7 Å². The number of anilines is 1. The van der Waals surface area contributed by atoms with Gasteiger partial charge in [-0.2, -0.15) is 0 Å². The fourth-order valence-corrected chi connectivity index (χ4v) is 2.42. The lowest BCUT2D eigenvalue weighted by Crippen LogP contribution is -2.27. The maximum Gasteiger partial charge on any atom is 0.412 e. The number of carbonyl (C=O) groups is 1. The minimum Gasteiger partial charge on any atom is -0.444 e. The number of fused-ring (bicyclic) bond motifs is 1. The highest BCUT2D eigenvalue weighted by atomic mass is 16.6. The van der Waals surface area contributed by atoms with Crippen LogP contribution in [0.5, 0.6) is 0 Å². The van der Waals surface area contributed by atoms with Gasteiger partial charge in [-0.1, -0.05) is 18.2 Å². The summed E-state index contributed by atoms with van der Waals surface area (Å²) in [5, 5.41) is 3.67. The zero-order chi connectivity index (χ0) is 17.3. The van der Waals surface area contributed by atoms with Crippen LogP contribution < -0.4 is 5.32 Å². The molecule has 0 radical (unpaired) electrons. The molecule has 0 aliphatic heterocycles. The zero-order valence-electron chi connectivity index (χ0n) is 14.2. The Bertz CT molecular complexity index is 893. The Morgan fingerprint density at radius 2 is 2.00 bits per heavy atom. The minimum absolute atomic E-state index is 0.496. The molecule has 0 aliphatic carbocycles. The number of aromatic nitrogens is 3. The fourth-order valence-electron chi connectivity index (χ4n) is 2.42. The molecule has 0 aliphatic rings. The highest BCUT2D eigenvalue weighted by Crippen LogP contribution is 2.27. The van der Waals surface area contributed by atoms with E-state index >= 15 is 0 Å². The highest BCUT2D eigenvalue weighted by Gasteiger charge is 2.18. The number of aryl methyl sites for hydroxylation is 1. The molecule has 0 spiro atoms. The average molecular weight is 324 g/mol. The van der Waals surface area contributed by atoms with Crippen LogP contribution in [0.4, 0.5) is 10.5 Å². The van der Waals surface area contributed by atoms with Crippen molar-refractivity contribution in [2.75, 3.05) is 5.32 Å². The van der Waals surface area contributed by atoms with Crippen LogP contribution in [-0.2, 0) is 11.8 Å². The van der Waals surface area contributed by atoms with Gasteiger partial charge in [0.1, 0.15) is 11.3 Å². The van der Waals surface area contributed by atoms with Gasteiger partial charge >= 0.3 is 6.09 Å². The predicted octanol–water partition coefficient (Wildman–Crippen LogP) is 3.98. The van der Waals surface area contributed by atoms with Crippen LogP contribution in [0.3, 0.4) is 0 Å². The first-order valence-electron chi connectivity index (χ1n) is 7.71. The SMILES string of the molecule is Cn1ccnc1-c1cc(NC(=O)OC(C)(C)C)c2ccccc2n1. The van der Waals surface area contributed by atoms with Gasteiger partial charge in [0.25, 0.3) is 0 Å². The standard InChI is InChI=1S/C18H20N4O2/c1-18(2,3)24-17(23)21-14-11-15(16-19-9-10-22(16)4)20-13-8-6-5-7-12(13)14/h5-11H,1-4H3,(H,20,21,23). The van der Waals surface area contributed by atoms with Crippen molar-refractivity contribution in [3.05, 3.63) is 42.7 Å². The number of rotatable bonds is 2. The molecule has 1 N–H and O–H groups in total. The Morgan fingerprint density at radius 3 is 2.67 bits per heavy atom. The number of ether oxygens (including phenoxy) is 1. The Hall–Kier alpha value is -2.89. The largest absolute Gasteiger partial charge is 0.444 e. The maximum atomic E-state index is 12.2. The lowest BCUT2D eigenvalue weighted by atomic mass is 10.1. The Kier molecular flexibility index (Phi) is 3.97. The number of pyridine rings is 1. The van der Waals surface area contributed by atoms with Crippen molar-refractivity contribution < 1.29 is 9.53 Å². The number of benzene rings is 1. The van der Waals surface area contributed by atoms with Crippen molar-refractivity contribution in [3.63, 3.8) is 0 Å². The Morgan fingerprint density at radius 1 is 1.25 bits per heavy atom. The van der Waals surface area contributed by atoms with Crippen LogP contribution in [0.1, 0.15) is 20.8 Å². The molecule has 0 saturated carbocycles. The topological polar surface area (TPSA) is 69.0 Å². The molecule has 3 aromatic rings. The summed E-state index contributed by atoms with van der Waals surface area (Å²) < 4.78 is 7.24. The number of imidazole rings is 1. The van der Waals surface area contributed by atoms with Gasteiger partial charge in [0.05, 0.1) is 11.2 Å². The summed E-state index contributed by atoms with van der Waals surface area (Å²) in [5.41, 5.74) is 1.55. The molecule has 2 heterocycles. The number of hydrogen-bond donors (Lipinski definition) is 1. The summed E-state index contributed by atoms with van der Waals surface area (Å²) in [6, 6.07) is 9.45. The van der Waals surface area contributed by atoms with Gasteiger partial charge in [0.15, 0.2) is 5.82 Å². The van der Waals surface area contributed by atoms with Crippen molar-refractivity contribution in [2.24, 2.45) is 7.05 Å². The van der Waals surface area contributed by atoms with E-state index in [-0.39, 0.29) is 0 Å². The first-order valence-corrected chi connectivity index (χ1v) is 7.71. The summed E-state index contributed by atoms with van der Waals surface area (Å²) in [4.78, 5) is 21.1. The summed E-state index contributed by atoms with van der Waals surface area (Å²) in [7, 11) is 1.90. The van der Waals surface area contributed by atoms with Crippen molar-refractivity contribution in [3.8, 4) is 11.5 Å². The average Bonchev–Trinajstić information content (AvgIpc) is 2.91. The van der Waals surface area contributed by atoms with Gasteiger partial charge in [0, 0.05) is 24.8 Å². The first-order chi connectivity index (χ1) is 11.3. The Labute approximate surface area is 140 Å². The van der Waals surface area contributed by atoms with Gasteiger partial charge < -0.3 is 9.30 Å². The van der Waals surface area contributed by atoms with E-state index in [1.54, 1.807) is 6.20 Å². The third kappa shape index (κ3) is 3.37. The van der Waals surface area contributed by atoms with E-state index in [0.29, 0.717) is 11.4 Å². The molecular weight excluding hydrogens is 304 g/mol. The molecule has 0 atom stereocenters. The number of hydrogen-bond acceptors (Lipinski definition) is 4. The van der Waals surface area contributed by atoms with Crippen LogP contribution in [0.25, 0.3) is 22.4 Å². The normalized spacial score (nSPS) is 11.5. The van der Waals surface area contributed by atoms with Gasteiger partial charge in [-0.25, -0.2) is 14.8 Å². The summed E-state index contributed by atoms with van der Waals surface area (Å²) >= 11 is 0. The number of amides is 1. The second-order valence-electron chi connectivity index (χ2n) is 6.56. The number of carbonyl (C=O) groups excluding carboxylic acids is 1. The molecule has 24 heavy (non-hydrogen) atoms. The van der Waals surface area contributed by atoms with E-state index in [1.165, 1.54) is 0 Å². The molecule has 1 aromatic carbocycles. The first kappa shape index (κ1) is 16.0. The van der Waals surface area contributed by atoms with Gasteiger partial charge in [-0.05, 0) is 32.9 Å². The summed E-state index contributed by atoms with van der Waals surface area (Å²) in [6.07, 6.45) is 3.07. The fraction of sp³-hybridized carbons (Fsp3) is 0.278. The second-order valence-corrected chi connectivity index (χ2v) is 6.56. The van der Waals surface area contributed by atoms with Gasteiger partial charge in [0.2, 0.25) is 0 Å². The molecule has 2 aromatic heterocycles. The molecule has 0 bridgehead atoms. The molecule has 124 valence electrons. The van der Waals surface area contributed by atoms with Gasteiger partial charge in [-0.3, -0.25) is 5.32 Å². The third-order valence-corrected chi connectivity index (χ3v) is 3.40. The lowest BCUT2D eigenvalue weighted by molar-refractivity contribution is 0.0636. The molecular formula is C18H20N4O2. The van der Waals surface area contributed by atoms with Gasteiger partial charge in [-0.15, -0.1) is 0 Å². The van der Waals surface area contributed by atoms with E-state index in [9.17, 15) is 4.79 Å². The molecule has 0 saturated heterocycles. The summed E-state index contributed by atoms with van der Waals surface area (Å²) in [5.74, 6) is 0.730. The second kappa shape index (κ2) is 5.96. The van der Waals surface area contributed by atoms with Crippen LogP contribution in [0, 0.1) is 0 Å². The molecule has 3 rings (SSSR count). The Balaban J connectivity index is 2.05. The zero-order valence-corrected chi connectivity index (χ0v) is 14.2. The van der Waals surface area contributed by atoms with Crippen LogP contribution in [-0.4, -0.2) is 26.2 Å². The van der Waals surface area contributed by atoms with Crippen LogP contribution in [0.2, 0.25) is 0 Å². The smallest absolute Gasteiger partial charge is 0.412 e. The number of para-hydroxylation sites is 1. The van der Waals surface area contributed by atoms with Crippen molar-refractivity contribution in [1.82, 2.24) is 14.5 Å².